The first kappa shape index (κ1) is 17.5. The summed E-state index contributed by atoms with van der Waals surface area (Å²) in [5.41, 5.74) is 0.149. The molecule has 1 saturated carbocycles. The maximum Gasteiger partial charge on any atom is 0.0779 e. The Morgan fingerprint density at radius 2 is 1.74 bits per heavy atom. The molecule has 0 aromatic heterocycles. The lowest BCUT2D eigenvalue weighted by Gasteiger charge is -2.40. The Morgan fingerprint density at radius 3 is 2.26 bits per heavy atom. The van der Waals surface area contributed by atoms with E-state index >= 15 is 0 Å². The zero-order chi connectivity index (χ0) is 14.1. The molecule has 0 amide bonds. The van der Waals surface area contributed by atoms with Crippen molar-refractivity contribution < 1.29 is 4.74 Å². The second-order valence-corrected chi connectivity index (χ2v) is 7.22. The quantitative estimate of drug-likeness (QED) is 0.374. The zero-order valence-corrected chi connectivity index (χ0v) is 14.8. The van der Waals surface area contributed by atoms with Gasteiger partial charge in [-0.05, 0) is 43.9 Å². The van der Waals surface area contributed by atoms with Crippen LogP contribution in [0, 0.1) is 11.8 Å². The molecule has 2 heteroatoms. The molecule has 1 aliphatic rings. The topological polar surface area (TPSA) is 9.23 Å². The highest BCUT2D eigenvalue weighted by molar-refractivity contribution is 9.09. The smallest absolute Gasteiger partial charge is 0.0779 e. The van der Waals surface area contributed by atoms with Gasteiger partial charge in [-0.1, -0.05) is 62.4 Å². The predicted octanol–water partition coefficient (Wildman–Crippen LogP) is 5.95. The van der Waals surface area contributed by atoms with Crippen LogP contribution >= 0.6 is 15.9 Å². The summed E-state index contributed by atoms with van der Waals surface area (Å²) in [6, 6.07) is 0. The average Bonchev–Trinajstić information content (AvgIpc) is 2.43. The molecule has 0 heterocycles. The SMILES string of the molecule is CCCCCCCOC1(CBr)CCC(C(C)C)CC1. The van der Waals surface area contributed by atoms with Gasteiger partial charge in [0.1, 0.15) is 0 Å². The van der Waals surface area contributed by atoms with Gasteiger partial charge in [0.15, 0.2) is 0 Å². The molecule has 19 heavy (non-hydrogen) atoms. The third-order valence-electron chi connectivity index (χ3n) is 4.78. The highest BCUT2D eigenvalue weighted by Gasteiger charge is 2.35. The molecule has 0 atom stereocenters. The third kappa shape index (κ3) is 6.16. The van der Waals surface area contributed by atoms with Crippen LogP contribution < -0.4 is 0 Å². The fraction of sp³-hybridized carbons (Fsp3) is 1.00. The van der Waals surface area contributed by atoms with Crippen LogP contribution in [0.25, 0.3) is 0 Å². The number of hydrogen-bond donors (Lipinski definition) is 0. The second-order valence-electron chi connectivity index (χ2n) is 6.66. The van der Waals surface area contributed by atoms with Crippen LogP contribution in [-0.4, -0.2) is 17.5 Å². The van der Waals surface area contributed by atoms with Crippen LogP contribution in [0.2, 0.25) is 0 Å². The average molecular weight is 333 g/mol. The molecule has 0 aromatic rings. The normalized spacial score (nSPS) is 27.9. The third-order valence-corrected chi connectivity index (χ3v) is 5.81. The van der Waals surface area contributed by atoms with E-state index in [0.717, 1.165) is 23.8 Å². The molecular formula is C17H33BrO. The van der Waals surface area contributed by atoms with Crippen molar-refractivity contribution in [1.82, 2.24) is 0 Å². The van der Waals surface area contributed by atoms with E-state index in [-0.39, 0.29) is 5.60 Å². The van der Waals surface area contributed by atoms with Gasteiger partial charge in [0.25, 0.3) is 0 Å². The summed E-state index contributed by atoms with van der Waals surface area (Å²) < 4.78 is 6.28. The van der Waals surface area contributed by atoms with Gasteiger partial charge < -0.3 is 4.74 Å². The van der Waals surface area contributed by atoms with E-state index in [4.69, 9.17) is 4.74 Å². The van der Waals surface area contributed by atoms with Crippen LogP contribution in [0.15, 0.2) is 0 Å². The van der Waals surface area contributed by atoms with Crippen molar-refractivity contribution in [3.63, 3.8) is 0 Å². The summed E-state index contributed by atoms with van der Waals surface area (Å²) in [4.78, 5) is 0. The van der Waals surface area contributed by atoms with Crippen LogP contribution in [0.3, 0.4) is 0 Å². The second kappa shape index (κ2) is 9.39. The van der Waals surface area contributed by atoms with Gasteiger partial charge in [0, 0.05) is 11.9 Å². The minimum absolute atomic E-state index is 0.149. The number of ether oxygens (including phenoxy) is 1. The molecule has 1 aliphatic carbocycles. The molecule has 0 aromatic carbocycles. The lowest BCUT2D eigenvalue weighted by atomic mass is 9.75. The number of unbranched alkanes of at least 4 members (excludes halogenated alkanes) is 4. The Balaban J connectivity index is 2.22. The molecule has 114 valence electrons. The van der Waals surface area contributed by atoms with E-state index in [2.05, 4.69) is 36.7 Å². The Labute approximate surface area is 129 Å². The van der Waals surface area contributed by atoms with Crippen molar-refractivity contribution in [2.45, 2.75) is 84.2 Å². The van der Waals surface area contributed by atoms with E-state index in [9.17, 15) is 0 Å². The molecule has 0 aliphatic heterocycles. The van der Waals surface area contributed by atoms with Crippen molar-refractivity contribution in [3.05, 3.63) is 0 Å². The molecule has 1 rings (SSSR count). The molecule has 1 nitrogen and oxygen atoms in total. The highest BCUT2D eigenvalue weighted by Crippen LogP contribution is 2.39. The Morgan fingerprint density at radius 1 is 1.11 bits per heavy atom. The molecule has 0 radical (unpaired) electrons. The number of rotatable bonds is 9. The van der Waals surface area contributed by atoms with E-state index in [1.165, 1.54) is 57.8 Å². The van der Waals surface area contributed by atoms with Crippen LogP contribution in [0.1, 0.15) is 78.6 Å². The fourth-order valence-corrected chi connectivity index (χ4v) is 3.87. The summed E-state index contributed by atoms with van der Waals surface area (Å²) in [7, 11) is 0. The largest absolute Gasteiger partial charge is 0.374 e. The fourth-order valence-electron chi connectivity index (χ4n) is 3.14. The standard InChI is InChI=1S/C17H33BrO/c1-4-5-6-7-8-13-19-17(14-18)11-9-16(10-12-17)15(2)3/h15-16H,4-14H2,1-3H3. The lowest BCUT2D eigenvalue weighted by Crippen LogP contribution is -2.40. The van der Waals surface area contributed by atoms with Crippen LogP contribution in [0.5, 0.6) is 0 Å². The summed E-state index contributed by atoms with van der Waals surface area (Å²) in [6.45, 7) is 7.95. The summed E-state index contributed by atoms with van der Waals surface area (Å²) in [5, 5.41) is 1.01. The van der Waals surface area contributed by atoms with Gasteiger partial charge in [-0.2, -0.15) is 0 Å². The number of halogens is 1. The van der Waals surface area contributed by atoms with E-state index < -0.39 is 0 Å². The minimum atomic E-state index is 0.149. The van der Waals surface area contributed by atoms with Gasteiger partial charge in [-0.15, -0.1) is 0 Å². The van der Waals surface area contributed by atoms with Crippen molar-refractivity contribution in [1.29, 1.82) is 0 Å². The van der Waals surface area contributed by atoms with Gasteiger partial charge in [0.2, 0.25) is 0 Å². The molecule has 0 bridgehead atoms. The van der Waals surface area contributed by atoms with E-state index in [1.807, 2.05) is 0 Å². The van der Waals surface area contributed by atoms with Crippen molar-refractivity contribution in [2.75, 3.05) is 11.9 Å². The predicted molar refractivity (Wildman–Crippen MR) is 88.0 cm³/mol. The summed E-state index contributed by atoms with van der Waals surface area (Å²) in [6.07, 6.45) is 11.8. The Bertz CT molecular complexity index is 219. The molecule has 0 saturated heterocycles. The first-order chi connectivity index (χ1) is 9.13. The van der Waals surface area contributed by atoms with E-state index in [1.54, 1.807) is 0 Å². The lowest BCUT2D eigenvalue weighted by molar-refractivity contribution is -0.0645. The maximum atomic E-state index is 6.28. The van der Waals surface area contributed by atoms with Crippen molar-refractivity contribution >= 4 is 15.9 Å². The maximum absolute atomic E-state index is 6.28. The van der Waals surface area contributed by atoms with Crippen LogP contribution in [0.4, 0.5) is 0 Å². The molecule has 0 N–H and O–H groups in total. The van der Waals surface area contributed by atoms with Gasteiger partial charge >= 0.3 is 0 Å². The Hall–Kier alpha value is 0.440. The van der Waals surface area contributed by atoms with Gasteiger partial charge in [-0.25, -0.2) is 0 Å². The first-order valence-corrected chi connectivity index (χ1v) is 9.45. The molecular weight excluding hydrogens is 300 g/mol. The first-order valence-electron chi connectivity index (χ1n) is 8.33. The summed E-state index contributed by atoms with van der Waals surface area (Å²) in [5.74, 6) is 1.75. The van der Waals surface area contributed by atoms with Crippen molar-refractivity contribution in [2.24, 2.45) is 11.8 Å². The molecule has 1 fully saturated rings. The van der Waals surface area contributed by atoms with Crippen molar-refractivity contribution in [3.8, 4) is 0 Å². The highest BCUT2D eigenvalue weighted by atomic mass is 79.9. The summed E-state index contributed by atoms with van der Waals surface area (Å²) >= 11 is 3.69. The van der Waals surface area contributed by atoms with E-state index in [0.29, 0.717) is 0 Å². The zero-order valence-electron chi connectivity index (χ0n) is 13.2. The number of hydrogen-bond acceptors (Lipinski definition) is 1. The minimum Gasteiger partial charge on any atom is -0.374 e. The number of alkyl halides is 1. The monoisotopic (exact) mass is 332 g/mol. The van der Waals surface area contributed by atoms with Crippen LogP contribution in [-0.2, 0) is 4.74 Å². The molecule has 0 unspecified atom stereocenters. The Kier molecular flexibility index (Phi) is 8.64. The van der Waals surface area contributed by atoms with Gasteiger partial charge in [0.05, 0.1) is 5.60 Å². The van der Waals surface area contributed by atoms with Gasteiger partial charge in [-0.3, -0.25) is 0 Å². The molecule has 0 spiro atoms.